The summed E-state index contributed by atoms with van der Waals surface area (Å²) < 4.78 is 5.90. The third-order valence-corrected chi connectivity index (χ3v) is 4.59. The van der Waals surface area contributed by atoms with Crippen molar-refractivity contribution in [3.05, 3.63) is 47.6 Å². The minimum atomic E-state index is 0.414. The minimum absolute atomic E-state index is 0.414. The fraction of sp³-hybridized carbons (Fsp3) is 0.278. The number of amides is 1. The van der Waals surface area contributed by atoms with Gasteiger partial charge < -0.3 is 10.1 Å². The van der Waals surface area contributed by atoms with Gasteiger partial charge in [0.2, 0.25) is 6.41 Å². The molecule has 1 saturated carbocycles. The van der Waals surface area contributed by atoms with Crippen LogP contribution in [0.5, 0.6) is 5.75 Å². The highest BCUT2D eigenvalue weighted by molar-refractivity contribution is 7.15. The molecule has 1 aliphatic carbocycles. The van der Waals surface area contributed by atoms with Gasteiger partial charge in [-0.05, 0) is 38.3 Å². The molecule has 0 radical (unpaired) electrons. The van der Waals surface area contributed by atoms with Gasteiger partial charge in [-0.3, -0.25) is 9.78 Å². The number of aromatic nitrogens is 2. The molecule has 6 heteroatoms. The predicted molar refractivity (Wildman–Crippen MR) is 96.5 cm³/mol. The number of carbonyl (C=O) groups excluding carboxylic acids is 1. The Morgan fingerprint density at radius 3 is 2.75 bits per heavy atom. The van der Waals surface area contributed by atoms with Gasteiger partial charge in [-0.2, -0.15) is 0 Å². The van der Waals surface area contributed by atoms with Crippen LogP contribution in [0.1, 0.15) is 24.1 Å². The highest BCUT2D eigenvalue weighted by Crippen LogP contribution is 2.29. The van der Waals surface area contributed by atoms with Crippen molar-refractivity contribution in [1.29, 1.82) is 0 Å². The smallest absolute Gasteiger partial charge is 0.213 e. The van der Waals surface area contributed by atoms with Crippen molar-refractivity contribution in [1.82, 2.24) is 9.97 Å². The number of benzene rings is 1. The van der Waals surface area contributed by atoms with Crippen LogP contribution in [0.3, 0.4) is 0 Å². The van der Waals surface area contributed by atoms with Crippen LogP contribution in [-0.2, 0) is 4.79 Å². The number of rotatable bonds is 4. The second-order valence-electron chi connectivity index (χ2n) is 5.54. The first-order chi connectivity index (χ1) is 11.8. The van der Waals surface area contributed by atoms with Crippen LogP contribution in [0.2, 0.25) is 0 Å². The Kier molecular flexibility index (Phi) is 5.38. The molecule has 2 aromatic heterocycles. The van der Waals surface area contributed by atoms with E-state index in [1.165, 1.54) is 30.6 Å². The van der Waals surface area contributed by atoms with Gasteiger partial charge in [0, 0.05) is 22.7 Å². The van der Waals surface area contributed by atoms with E-state index in [1.807, 2.05) is 31.3 Å². The van der Waals surface area contributed by atoms with Crippen molar-refractivity contribution < 1.29 is 9.53 Å². The number of fused-ring (bicyclic) bond motifs is 1. The summed E-state index contributed by atoms with van der Waals surface area (Å²) in [5.41, 5.74) is 0.979. The topological polar surface area (TPSA) is 64.1 Å². The van der Waals surface area contributed by atoms with E-state index in [2.05, 4.69) is 27.4 Å². The zero-order valence-corrected chi connectivity index (χ0v) is 14.3. The second kappa shape index (κ2) is 7.88. The summed E-state index contributed by atoms with van der Waals surface area (Å²) in [5, 5.41) is 4.26. The van der Waals surface area contributed by atoms with Crippen molar-refractivity contribution in [2.45, 2.75) is 32.3 Å². The Hall–Kier alpha value is -2.47. The largest absolute Gasteiger partial charge is 0.488 e. The fourth-order valence-corrected chi connectivity index (χ4v) is 2.93. The van der Waals surface area contributed by atoms with Crippen LogP contribution in [0.4, 0.5) is 5.13 Å². The number of para-hydroxylation sites is 1. The van der Waals surface area contributed by atoms with E-state index in [9.17, 15) is 4.79 Å². The van der Waals surface area contributed by atoms with Crippen molar-refractivity contribution in [2.75, 3.05) is 5.32 Å². The number of hydrogen-bond acceptors (Lipinski definition) is 5. The van der Waals surface area contributed by atoms with Crippen LogP contribution in [0.25, 0.3) is 10.9 Å². The molecule has 0 atom stereocenters. The SMILES string of the molecule is Cc1cnc(NC=O)s1.c1cnc2c(OC3CCC3)cccc2c1. The molecular weight excluding hydrogens is 322 g/mol. The molecule has 1 aromatic carbocycles. The Morgan fingerprint density at radius 1 is 1.25 bits per heavy atom. The third-order valence-electron chi connectivity index (χ3n) is 3.75. The maximum Gasteiger partial charge on any atom is 0.213 e. The predicted octanol–water partition coefficient (Wildman–Crippen LogP) is 4.19. The Morgan fingerprint density at radius 2 is 2.08 bits per heavy atom. The van der Waals surface area contributed by atoms with Crippen LogP contribution < -0.4 is 10.1 Å². The van der Waals surface area contributed by atoms with E-state index in [4.69, 9.17) is 4.74 Å². The van der Waals surface area contributed by atoms with Crippen molar-refractivity contribution in [2.24, 2.45) is 0 Å². The standard InChI is InChI=1S/C13H13NO.C5H6N2OS/c1-4-10-5-3-9-14-13(10)12(8-1)15-11-6-2-7-11;1-4-2-6-5(9-4)7-3-8/h1,3-5,8-9,11H,2,6-7H2;2-3H,1H3,(H,6,7,8). The molecule has 4 rings (SSSR count). The summed E-state index contributed by atoms with van der Waals surface area (Å²) in [7, 11) is 0. The molecule has 124 valence electrons. The number of thiazole rings is 1. The van der Waals surface area contributed by atoms with Gasteiger partial charge >= 0.3 is 0 Å². The van der Waals surface area contributed by atoms with E-state index in [-0.39, 0.29) is 0 Å². The minimum Gasteiger partial charge on any atom is -0.488 e. The van der Waals surface area contributed by atoms with Crippen molar-refractivity contribution in [3.63, 3.8) is 0 Å². The van der Waals surface area contributed by atoms with Gasteiger partial charge in [0.1, 0.15) is 11.3 Å². The number of ether oxygens (including phenoxy) is 1. The Bertz CT molecular complexity index is 809. The number of nitrogens with zero attached hydrogens (tertiary/aromatic N) is 2. The molecule has 0 aliphatic heterocycles. The van der Waals surface area contributed by atoms with E-state index in [0.29, 0.717) is 17.6 Å². The molecule has 0 bridgehead atoms. The summed E-state index contributed by atoms with van der Waals surface area (Å²) in [6.07, 6.45) is 8.23. The first kappa shape index (κ1) is 16.4. The number of pyridine rings is 1. The molecule has 1 aliphatic rings. The molecule has 0 spiro atoms. The summed E-state index contributed by atoms with van der Waals surface area (Å²) in [5.74, 6) is 0.929. The summed E-state index contributed by atoms with van der Waals surface area (Å²) in [4.78, 5) is 19.2. The normalized spacial score (nSPS) is 13.5. The van der Waals surface area contributed by atoms with E-state index in [0.717, 1.165) is 21.5 Å². The van der Waals surface area contributed by atoms with Crippen molar-refractivity contribution >= 4 is 33.8 Å². The van der Waals surface area contributed by atoms with Crippen molar-refractivity contribution in [3.8, 4) is 5.75 Å². The van der Waals surface area contributed by atoms with Gasteiger partial charge in [0.15, 0.2) is 5.13 Å². The number of nitrogens with one attached hydrogen (secondary N) is 1. The zero-order valence-electron chi connectivity index (χ0n) is 13.4. The average molecular weight is 341 g/mol. The van der Waals surface area contributed by atoms with Crippen LogP contribution in [0.15, 0.2) is 42.7 Å². The molecular formula is C18H19N3O2S. The van der Waals surface area contributed by atoms with Gasteiger partial charge in [0.05, 0.1) is 6.10 Å². The molecule has 0 saturated heterocycles. The van der Waals surface area contributed by atoms with Gasteiger partial charge in [-0.1, -0.05) is 18.2 Å². The lowest BCUT2D eigenvalue weighted by Crippen LogP contribution is -2.24. The Balaban J connectivity index is 0.000000162. The maximum atomic E-state index is 9.84. The van der Waals surface area contributed by atoms with Gasteiger partial charge in [0.25, 0.3) is 0 Å². The van der Waals surface area contributed by atoms with E-state index < -0.39 is 0 Å². The molecule has 1 N–H and O–H groups in total. The molecule has 1 amide bonds. The van der Waals surface area contributed by atoms with E-state index in [1.54, 1.807) is 6.20 Å². The fourth-order valence-electron chi connectivity index (χ4n) is 2.31. The van der Waals surface area contributed by atoms with Crippen LogP contribution >= 0.6 is 11.3 Å². The number of carbonyl (C=O) groups is 1. The zero-order chi connectivity index (χ0) is 16.8. The monoisotopic (exact) mass is 341 g/mol. The van der Waals surface area contributed by atoms with Gasteiger partial charge in [-0.25, -0.2) is 4.98 Å². The lowest BCUT2D eigenvalue weighted by Gasteiger charge is -2.26. The lowest BCUT2D eigenvalue weighted by atomic mass is 9.96. The molecule has 24 heavy (non-hydrogen) atoms. The molecule has 1 fully saturated rings. The molecule has 5 nitrogen and oxygen atoms in total. The van der Waals surface area contributed by atoms with Crippen LogP contribution in [-0.4, -0.2) is 22.5 Å². The highest BCUT2D eigenvalue weighted by Gasteiger charge is 2.19. The van der Waals surface area contributed by atoms with E-state index >= 15 is 0 Å². The molecule has 2 heterocycles. The Labute approximate surface area is 144 Å². The average Bonchev–Trinajstić information content (AvgIpc) is 2.97. The molecule has 3 aromatic rings. The third kappa shape index (κ3) is 4.08. The first-order valence-corrected chi connectivity index (χ1v) is 8.71. The summed E-state index contributed by atoms with van der Waals surface area (Å²) in [6.45, 7) is 1.94. The number of aryl methyl sites for hydroxylation is 1. The van der Waals surface area contributed by atoms with Crippen LogP contribution in [0, 0.1) is 6.92 Å². The number of anilines is 1. The van der Waals surface area contributed by atoms with Gasteiger partial charge in [-0.15, -0.1) is 11.3 Å². The molecule has 0 unspecified atom stereocenters. The second-order valence-corrected chi connectivity index (χ2v) is 6.78. The number of hydrogen-bond donors (Lipinski definition) is 1. The maximum absolute atomic E-state index is 9.84. The first-order valence-electron chi connectivity index (χ1n) is 7.89. The summed E-state index contributed by atoms with van der Waals surface area (Å²) in [6, 6.07) is 10.1. The highest BCUT2D eigenvalue weighted by atomic mass is 32.1. The lowest BCUT2D eigenvalue weighted by molar-refractivity contribution is -0.105. The summed E-state index contributed by atoms with van der Waals surface area (Å²) >= 11 is 1.46. The quantitative estimate of drug-likeness (QED) is 0.723.